The van der Waals surface area contributed by atoms with Crippen molar-refractivity contribution in [3.05, 3.63) is 41.5 Å². The van der Waals surface area contributed by atoms with Crippen LogP contribution in [0.5, 0.6) is 0 Å². The van der Waals surface area contributed by atoms with E-state index in [2.05, 4.69) is 25.2 Å². The maximum Gasteiger partial charge on any atom is 0.213 e. The molecule has 1 saturated heterocycles. The van der Waals surface area contributed by atoms with Crippen LogP contribution in [-0.4, -0.2) is 42.9 Å². The molecule has 0 aliphatic carbocycles. The highest BCUT2D eigenvalue weighted by molar-refractivity contribution is 7.89. The quantitative estimate of drug-likeness (QED) is 0.820. The summed E-state index contributed by atoms with van der Waals surface area (Å²) < 4.78 is 25.5. The van der Waals surface area contributed by atoms with E-state index in [1.54, 1.807) is 13.0 Å². The van der Waals surface area contributed by atoms with Gasteiger partial charge in [-0.25, -0.2) is 12.7 Å². The molecule has 1 fully saturated rings. The second kappa shape index (κ2) is 7.16. The molecule has 0 spiro atoms. The van der Waals surface area contributed by atoms with Crippen molar-refractivity contribution in [2.45, 2.75) is 45.6 Å². The third-order valence-corrected chi connectivity index (χ3v) is 7.20. The minimum Gasteiger partial charge on any atom is -0.379 e. The second-order valence-corrected chi connectivity index (χ2v) is 10.1. The van der Waals surface area contributed by atoms with Crippen LogP contribution in [0.3, 0.4) is 0 Å². The Hall–Kier alpha value is -1.66. The number of hydrogen-bond donors (Lipinski definition) is 1. The molecule has 142 valence electrons. The molecule has 0 saturated carbocycles. The van der Waals surface area contributed by atoms with Crippen molar-refractivity contribution in [3.8, 4) is 0 Å². The van der Waals surface area contributed by atoms with Crippen LogP contribution in [0.1, 0.15) is 44.7 Å². The Kier molecular flexibility index (Phi) is 5.26. The molecule has 0 unspecified atom stereocenters. The minimum atomic E-state index is -3.16. The topological polar surface area (TPSA) is 66.5 Å². The monoisotopic (exact) mass is 376 g/mol. The largest absolute Gasteiger partial charge is 0.379 e. The number of carbonyl (C=O) groups excluding carboxylic acids is 1. The Balaban J connectivity index is 1.76. The fraction of sp³-hybridized carbons (Fsp3) is 0.550. The van der Waals surface area contributed by atoms with Gasteiger partial charge in [0.1, 0.15) is 0 Å². The van der Waals surface area contributed by atoms with E-state index >= 15 is 0 Å². The van der Waals surface area contributed by atoms with Crippen LogP contribution < -0.4 is 5.32 Å². The SMILES string of the molecule is CCS(=O)(=O)N1CCC(C(=O)/C=C2\NC(C)(C)Cc3ccccc32)CC1. The van der Waals surface area contributed by atoms with Crippen LogP contribution in [0.2, 0.25) is 0 Å². The summed E-state index contributed by atoms with van der Waals surface area (Å²) in [6.45, 7) is 6.80. The lowest BCUT2D eigenvalue weighted by atomic mass is 9.84. The second-order valence-electron chi connectivity index (χ2n) is 7.88. The van der Waals surface area contributed by atoms with Crippen molar-refractivity contribution < 1.29 is 13.2 Å². The van der Waals surface area contributed by atoms with Crippen molar-refractivity contribution in [2.75, 3.05) is 18.8 Å². The summed E-state index contributed by atoms with van der Waals surface area (Å²) >= 11 is 0. The van der Waals surface area contributed by atoms with Gasteiger partial charge in [-0.1, -0.05) is 24.3 Å². The lowest BCUT2D eigenvalue weighted by molar-refractivity contribution is -0.119. The normalized spacial score (nSPS) is 22.7. The number of hydrogen-bond acceptors (Lipinski definition) is 4. The summed E-state index contributed by atoms with van der Waals surface area (Å²) in [4.78, 5) is 12.8. The molecule has 2 heterocycles. The first-order chi connectivity index (χ1) is 12.2. The number of benzene rings is 1. The fourth-order valence-electron chi connectivity index (χ4n) is 3.86. The number of ketones is 1. The summed E-state index contributed by atoms with van der Waals surface area (Å²) in [5, 5.41) is 3.50. The molecule has 1 aromatic rings. The summed E-state index contributed by atoms with van der Waals surface area (Å²) in [6, 6.07) is 8.19. The average molecular weight is 377 g/mol. The number of piperidine rings is 1. The van der Waals surface area contributed by atoms with Crippen LogP contribution in [-0.2, 0) is 21.2 Å². The zero-order chi connectivity index (χ0) is 18.9. The summed E-state index contributed by atoms with van der Waals surface area (Å²) in [6.07, 6.45) is 3.83. The van der Waals surface area contributed by atoms with Gasteiger partial charge in [-0.15, -0.1) is 0 Å². The zero-order valence-electron chi connectivity index (χ0n) is 15.8. The highest BCUT2D eigenvalue weighted by Gasteiger charge is 2.31. The molecule has 2 aliphatic rings. The predicted octanol–water partition coefficient (Wildman–Crippen LogP) is 2.58. The highest BCUT2D eigenvalue weighted by Crippen LogP contribution is 2.30. The third kappa shape index (κ3) is 4.01. The molecule has 0 atom stereocenters. The Bertz CT molecular complexity index is 819. The van der Waals surface area contributed by atoms with Gasteiger partial charge in [-0.2, -0.15) is 0 Å². The molecule has 2 aliphatic heterocycles. The van der Waals surface area contributed by atoms with E-state index in [9.17, 15) is 13.2 Å². The van der Waals surface area contributed by atoms with E-state index < -0.39 is 10.0 Å². The van der Waals surface area contributed by atoms with Crippen molar-refractivity contribution in [3.63, 3.8) is 0 Å². The maximum absolute atomic E-state index is 12.8. The predicted molar refractivity (Wildman–Crippen MR) is 104 cm³/mol. The van der Waals surface area contributed by atoms with Crippen molar-refractivity contribution in [1.82, 2.24) is 9.62 Å². The molecule has 6 heteroatoms. The van der Waals surface area contributed by atoms with Crippen molar-refractivity contribution >= 4 is 21.5 Å². The van der Waals surface area contributed by atoms with Gasteiger partial charge in [0, 0.05) is 41.9 Å². The molecule has 1 aromatic carbocycles. The van der Waals surface area contributed by atoms with E-state index in [-0.39, 0.29) is 23.0 Å². The van der Waals surface area contributed by atoms with Crippen LogP contribution >= 0.6 is 0 Å². The van der Waals surface area contributed by atoms with E-state index in [0.29, 0.717) is 25.9 Å². The van der Waals surface area contributed by atoms with E-state index in [1.165, 1.54) is 9.87 Å². The van der Waals surface area contributed by atoms with Gasteiger partial charge in [0.2, 0.25) is 10.0 Å². The first kappa shape index (κ1) is 19.1. The Morgan fingerprint density at radius 1 is 1.27 bits per heavy atom. The van der Waals surface area contributed by atoms with E-state index in [0.717, 1.165) is 17.7 Å². The number of sulfonamides is 1. The van der Waals surface area contributed by atoms with Gasteiger partial charge in [-0.05, 0) is 45.6 Å². The molecule has 0 amide bonds. The van der Waals surface area contributed by atoms with Crippen LogP contribution in [0.25, 0.3) is 5.70 Å². The zero-order valence-corrected chi connectivity index (χ0v) is 16.6. The molecular weight excluding hydrogens is 348 g/mol. The van der Waals surface area contributed by atoms with Crippen molar-refractivity contribution in [1.29, 1.82) is 0 Å². The molecule has 5 nitrogen and oxygen atoms in total. The molecule has 3 rings (SSSR count). The number of nitrogens with one attached hydrogen (secondary N) is 1. The number of rotatable bonds is 4. The maximum atomic E-state index is 12.8. The van der Waals surface area contributed by atoms with Crippen LogP contribution in [0.15, 0.2) is 30.3 Å². The van der Waals surface area contributed by atoms with E-state index in [1.807, 2.05) is 18.2 Å². The average Bonchev–Trinajstić information content (AvgIpc) is 2.61. The van der Waals surface area contributed by atoms with Gasteiger partial charge in [-0.3, -0.25) is 4.79 Å². The van der Waals surface area contributed by atoms with Gasteiger partial charge >= 0.3 is 0 Å². The van der Waals surface area contributed by atoms with Gasteiger partial charge < -0.3 is 5.32 Å². The molecule has 0 aromatic heterocycles. The number of carbonyl (C=O) groups is 1. The minimum absolute atomic E-state index is 0.0912. The van der Waals surface area contributed by atoms with Gasteiger partial charge in [0.15, 0.2) is 5.78 Å². The first-order valence-electron chi connectivity index (χ1n) is 9.32. The van der Waals surface area contributed by atoms with Gasteiger partial charge in [0.05, 0.1) is 5.75 Å². The fourth-order valence-corrected chi connectivity index (χ4v) is 5.00. The number of allylic oxidation sites excluding steroid dienone is 1. The van der Waals surface area contributed by atoms with Gasteiger partial charge in [0.25, 0.3) is 0 Å². The molecule has 1 N–H and O–H groups in total. The van der Waals surface area contributed by atoms with Crippen LogP contribution in [0, 0.1) is 5.92 Å². The lowest BCUT2D eigenvalue weighted by Crippen LogP contribution is -2.44. The summed E-state index contributed by atoms with van der Waals surface area (Å²) in [7, 11) is -3.16. The standard InChI is InChI=1S/C20H28N2O3S/c1-4-26(24,25)22-11-9-15(10-12-22)19(23)13-18-17-8-6-5-7-16(17)14-20(2,3)21-18/h5-8,13,15,21H,4,9-12,14H2,1-3H3/b18-13-. The highest BCUT2D eigenvalue weighted by atomic mass is 32.2. The Labute approximate surface area is 156 Å². The first-order valence-corrected chi connectivity index (χ1v) is 10.9. The smallest absolute Gasteiger partial charge is 0.213 e. The summed E-state index contributed by atoms with van der Waals surface area (Å²) in [5.41, 5.74) is 3.12. The molecule has 0 radical (unpaired) electrons. The van der Waals surface area contributed by atoms with Crippen molar-refractivity contribution in [2.24, 2.45) is 5.92 Å². The Morgan fingerprint density at radius 3 is 2.58 bits per heavy atom. The number of nitrogens with zero attached hydrogens (tertiary/aromatic N) is 1. The third-order valence-electron chi connectivity index (χ3n) is 5.31. The molecule has 26 heavy (non-hydrogen) atoms. The molecule has 0 bridgehead atoms. The summed E-state index contributed by atoms with van der Waals surface area (Å²) in [5.74, 6) is 0.101. The number of fused-ring (bicyclic) bond motifs is 1. The Morgan fingerprint density at radius 2 is 1.92 bits per heavy atom. The van der Waals surface area contributed by atoms with Crippen LogP contribution in [0.4, 0.5) is 0 Å². The molecular formula is C20H28N2O3S. The van der Waals surface area contributed by atoms with E-state index in [4.69, 9.17) is 0 Å². The lowest BCUT2D eigenvalue weighted by Gasteiger charge is -2.36.